The lowest BCUT2D eigenvalue weighted by molar-refractivity contribution is 0.625. The predicted molar refractivity (Wildman–Crippen MR) is 68.0 cm³/mol. The molecule has 1 heterocycles. The first kappa shape index (κ1) is 11.9. The molecule has 1 aromatic heterocycles. The first-order valence-electron chi connectivity index (χ1n) is 4.79. The van der Waals surface area contributed by atoms with E-state index in [0.717, 1.165) is 0 Å². The Balaban J connectivity index is 2.21. The molecule has 0 saturated heterocycles. The van der Waals surface area contributed by atoms with E-state index in [9.17, 15) is 4.39 Å². The molecule has 0 radical (unpaired) electrons. The van der Waals surface area contributed by atoms with Crippen LogP contribution in [0.4, 0.5) is 4.39 Å². The zero-order valence-corrected chi connectivity index (χ0v) is 10.6. The summed E-state index contributed by atoms with van der Waals surface area (Å²) in [6, 6.07) is 8.70. The number of hydrogen-bond donors (Lipinski definition) is 0. The van der Waals surface area contributed by atoms with Gasteiger partial charge in [-0.05, 0) is 23.1 Å². The van der Waals surface area contributed by atoms with Gasteiger partial charge in [-0.25, -0.2) is 4.39 Å². The van der Waals surface area contributed by atoms with Crippen LogP contribution in [0.3, 0.4) is 0 Å². The molecule has 0 saturated carbocycles. The Morgan fingerprint density at radius 3 is 2.75 bits per heavy atom. The van der Waals surface area contributed by atoms with Crippen molar-refractivity contribution < 1.29 is 4.39 Å². The van der Waals surface area contributed by atoms with E-state index in [-0.39, 0.29) is 10.4 Å². The van der Waals surface area contributed by atoms with Crippen molar-refractivity contribution in [3.63, 3.8) is 0 Å². The topological polar surface area (TPSA) is 0 Å². The van der Waals surface area contributed by atoms with Crippen LogP contribution in [0.2, 0.25) is 5.02 Å². The van der Waals surface area contributed by atoms with Gasteiger partial charge in [0, 0.05) is 11.3 Å². The highest BCUT2D eigenvalue weighted by molar-refractivity contribution is 7.09. The standard InChI is InChI=1S/C12H9Cl2FS/c13-10(7-8-3-2-6-16-8)9-4-1-5-11(15)12(9)14/h1-6,10H,7H2. The zero-order chi connectivity index (χ0) is 11.5. The number of rotatable bonds is 3. The van der Waals surface area contributed by atoms with Crippen LogP contribution in [0.15, 0.2) is 35.7 Å². The fourth-order valence-electron chi connectivity index (χ4n) is 1.48. The molecular formula is C12H9Cl2FS. The third kappa shape index (κ3) is 2.57. The minimum absolute atomic E-state index is 0.124. The molecule has 16 heavy (non-hydrogen) atoms. The van der Waals surface area contributed by atoms with Crippen LogP contribution in [-0.2, 0) is 6.42 Å². The van der Waals surface area contributed by atoms with Gasteiger partial charge in [-0.15, -0.1) is 22.9 Å². The summed E-state index contributed by atoms with van der Waals surface area (Å²) in [6.45, 7) is 0. The Hall–Kier alpha value is -0.570. The van der Waals surface area contributed by atoms with Crippen LogP contribution in [0.25, 0.3) is 0 Å². The summed E-state index contributed by atoms with van der Waals surface area (Å²) in [7, 11) is 0. The summed E-state index contributed by atoms with van der Waals surface area (Å²) in [5, 5.41) is 1.83. The first-order valence-corrected chi connectivity index (χ1v) is 6.48. The van der Waals surface area contributed by atoms with Crippen LogP contribution < -0.4 is 0 Å². The molecule has 2 rings (SSSR count). The third-order valence-electron chi connectivity index (χ3n) is 2.28. The molecule has 0 aliphatic rings. The Kier molecular flexibility index (Phi) is 3.85. The van der Waals surface area contributed by atoms with Crippen molar-refractivity contribution in [2.75, 3.05) is 0 Å². The van der Waals surface area contributed by atoms with Gasteiger partial charge in [0.2, 0.25) is 0 Å². The maximum atomic E-state index is 13.2. The van der Waals surface area contributed by atoms with Crippen molar-refractivity contribution in [2.24, 2.45) is 0 Å². The first-order chi connectivity index (χ1) is 7.68. The van der Waals surface area contributed by atoms with Crippen LogP contribution in [0, 0.1) is 5.82 Å². The molecule has 0 spiro atoms. The fourth-order valence-corrected chi connectivity index (χ4v) is 2.98. The van der Waals surface area contributed by atoms with E-state index in [1.807, 2.05) is 17.5 Å². The molecule has 0 fully saturated rings. The second kappa shape index (κ2) is 5.17. The molecule has 0 N–H and O–H groups in total. The predicted octanol–water partition coefficient (Wildman–Crippen LogP) is 5.06. The summed E-state index contributed by atoms with van der Waals surface area (Å²) in [4.78, 5) is 1.17. The molecule has 0 nitrogen and oxygen atoms in total. The number of alkyl halides is 1. The van der Waals surface area contributed by atoms with Gasteiger partial charge in [0.15, 0.2) is 0 Å². The highest BCUT2D eigenvalue weighted by Gasteiger charge is 2.15. The van der Waals surface area contributed by atoms with Crippen LogP contribution in [0.5, 0.6) is 0 Å². The Labute approximate surface area is 108 Å². The molecule has 1 atom stereocenters. The molecular weight excluding hydrogens is 266 g/mol. The normalized spacial score (nSPS) is 12.7. The maximum absolute atomic E-state index is 13.2. The quantitative estimate of drug-likeness (QED) is 0.686. The van der Waals surface area contributed by atoms with Crippen LogP contribution in [-0.4, -0.2) is 0 Å². The Morgan fingerprint density at radius 2 is 2.06 bits per heavy atom. The smallest absolute Gasteiger partial charge is 0.142 e. The van der Waals surface area contributed by atoms with E-state index in [4.69, 9.17) is 23.2 Å². The van der Waals surface area contributed by atoms with Gasteiger partial charge in [-0.2, -0.15) is 0 Å². The van der Waals surface area contributed by atoms with E-state index < -0.39 is 5.82 Å². The van der Waals surface area contributed by atoms with Gasteiger partial charge in [0.1, 0.15) is 5.82 Å². The molecule has 0 aliphatic carbocycles. The van der Waals surface area contributed by atoms with Crippen molar-refractivity contribution in [3.05, 3.63) is 57.0 Å². The van der Waals surface area contributed by atoms with E-state index in [1.165, 1.54) is 10.9 Å². The van der Waals surface area contributed by atoms with Gasteiger partial charge in [-0.1, -0.05) is 29.8 Å². The fraction of sp³-hybridized carbons (Fsp3) is 0.167. The van der Waals surface area contributed by atoms with Crippen molar-refractivity contribution in [3.8, 4) is 0 Å². The van der Waals surface area contributed by atoms with Gasteiger partial charge < -0.3 is 0 Å². The maximum Gasteiger partial charge on any atom is 0.142 e. The SMILES string of the molecule is Fc1cccc(C(Cl)Cc2cccs2)c1Cl. The molecule has 0 bridgehead atoms. The zero-order valence-electron chi connectivity index (χ0n) is 8.29. The molecule has 84 valence electrons. The van der Waals surface area contributed by atoms with Crippen LogP contribution >= 0.6 is 34.5 Å². The van der Waals surface area contributed by atoms with E-state index in [1.54, 1.807) is 23.5 Å². The number of thiophene rings is 1. The van der Waals surface area contributed by atoms with Crippen molar-refractivity contribution in [1.29, 1.82) is 0 Å². The third-order valence-corrected chi connectivity index (χ3v) is 3.97. The van der Waals surface area contributed by atoms with E-state index >= 15 is 0 Å². The minimum atomic E-state index is -0.420. The Morgan fingerprint density at radius 1 is 1.25 bits per heavy atom. The van der Waals surface area contributed by atoms with Crippen LogP contribution in [0.1, 0.15) is 15.8 Å². The Bertz CT molecular complexity index is 468. The van der Waals surface area contributed by atoms with Gasteiger partial charge in [0.05, 0.1) is 10.4 Å². The number of halogens is 3. The van der Waals surface area contributed by atoms with Gasteiger partial charge in [-0.3, -0.25) is 0 Å². The van der Waals surface area contributed by atoms with Crippen molar-refractivity contribution in [1.82, 2.24) is 0 Å². The largest absolute Gasteiger partial charge is 0.205 e. The van der Waals surface area contributed by atoms with E-state index in [2.05, 4.69) is 0 Å². The number of hydrogen-bond acceptors (Lipinski definition) is 1. The second-order valence-corrected chi connectivity index (χ2v) is 5.33. The molecule has 1 unspecified atom stereocenters. The highest BCUT2D eigenvalue weighted by Crippen LogP contribution is 2.33. The van der Waals surface area contributed by atoms with Gasteiger partial charge >= 0.3 is 0 Å². The van der Waals surface area contributed by atoms with Gasteiger partial charge in [0.25, 0.3) is 0 Å². The molecule has 0 amide bonds. The summed E-state index contributed by atoms with van der Waals surface area (Å²) in [6.07, 6.45) is 0.669. The molecule has 1 aromatic carbocycles. The highest BCUT2D eigenvalue weighted by atomic mass is 35.5. The second-order valence-electron chi connectivity index (χ2n) is 3.39. The van der Waals surface area contributed by atoms with E-state index in [0.29, 0.717) is 12.0 Å². The lowest BCUT2D eigenvalue weighted by Crippen LogP contribution is -1.96. The summed E-state index contributed by atoms with van der Waals surface area (Å²) < 4.78 is 13.2. The lowest BCUT2D eigenvalue weighted by Gasteiger charge is -2.10. The average molecular weight is 275 g/mol. The van der Waals surface area contributed by atoms with Crippen molar-refractivity contribution >= 4 is 34.5 Å². The average Bonchev–Trinajstić information content (AvgIpc) is 2.74. The summed E-state index contributed by atoms with van der Waals surface area (Å²) in [5.41, 5.74) is 0.650. The molecule has 0 aliphatic heterocycles. The minimum Gasteiger partial charge on any atom is -0.205 e. The monoisotopic (exact) mass is 274 g/mol. The summed E-state index contributed by atoms with van der Waals surface area (Å²) >= 11 is 13.7. The summed E-state index contributed by atoms with van der Waals surface area (Å²) in [5.74, 6) is -0.420. The van der Waals surface area contributed by atoms with Crippen molar-refractivity contribution in [2.45, 2.75) is 11.8 Å². The lowest BCUT2D eigenvalue weighted by atomic mass is 10.1. The molecule has 2 aromatic rings. The number of benzene rings is 1. The molecule has 4 heteroatoms.